The van der Waals surface area contributed by atoms with Crippen LogP contribution in [0.1, 0.15) is 51.0 Å². The lowest BCUT2D eigenvalue weighted by molar-refractivity contribution is 0.0186. The Hall–Kier alpha value is -3.16. The number of carbonyl (C=O) groups is 1. The molecule has 1 aliphatic rings. The van der Waals surface area contributed by atoms with Gasteiger partial charge in [-0.25, -0.2) is 14.5 Å². The third-order valence-corrected chi connectivity index (χ3v) is 5.19. The SMILES string of the molecule is CC(C)(C)OC(=O)N1CCC(n2ncc3c(=O)[nH]c(Cc4ccccc4)nc32)CC1. The number of benzene rings is 1. The molecule has 2 aromatic heterocycles. The second-order valence-corrected chi connectivity index (χ2v) is 8.70. The van der Waals surface area contributed by atoms with Crippen molar-refractivity contribution in [2.75, 3.05) is 13.1 Å². The van der Waals surface area contributed by atoms with Crippen molar-refractivity contribution in [3.63, 3.8) is 0 Å². The molecule has 1 fully saturated rings. The van der Waals surface area contributed by atoms with Crippen LogP contribution >= 0.6 is 0 Å². The van der Waals surface area contributed by atoms with Crippen molar-refractivity contribution in [3.05, 3.63) is 58.3 Å². The molecule has 0 aliphatic carbocycles. The molecule has 0 radical (unpaired) electrons. The highest BCUT2D eigenvalue weighted by atomic mass is 16.6. The molecule has 30 heavy (non-hydrogen) atoms. The Morgan fingerprint density at radius 3 is 2.57 bits per heavy atom. The maximum absolute atomic E-state index is 12.5. The molecular formula is C22H27N5O3. The highest BCUT2D eigenvalue weighted by Crippen LogP contribution is 2.25. The van der Waals surface area contributed by atoms with Crippen molar-refractivity contribution >= 4 is 17.1 Å². The van der Waals surface area contributed by atoms with E-state index >= 15 is 0 Å². The zero-order chi connectivity index (χ0) is 21.3. The van der Waals surface area contributed by atoms with E-state index in [2.05, 4.69) is 10.1 Å². The van der Waals surface area contributed by atoms with Crippen molar-refractivity contribution < 1.29 is 9.53 Å². The number of likely N-dealkylation sites (tertiary alicyclic amines) is 1. The first-order valence-electron chi connectivity index (χ1n) is 10.3. The third-order valence-electron chi connectivity index (χ3n) is 5.19. The summed E-state index contributed by atoms with van der Waals surface area (Å²) in [5.41, 5.74) is 0.993. The van der Waals surface area contributed by atoms with E-state index < -0.39 is 5.60 Å². The minimum atomic E-state index is -0.508. The van der Waals surface area contributed by atoms with Crippen LogP contribution in [0.2, 0.25) is 0 Å². The summed E-state index contributed by atoms with van der Waals surface area (Å²) in [5.74, 6) is 0.617. The molecule has 1 aliphatic heterocycles. The van der Waals surface area contributed by atoms with E-state index in [1.165, 1.54) is 0 Å². The van der Waals surface area contributed by atoms with Gasteiger partial charge in [-0.2, -0.15) is 5.10 Å². The van der Waals surface area contributed by atoms with Crippen LogP contribution < -0.4 is 5.56 Å². The summed E-state index contributed by atoms with van der Waals surface area (Å²) in [7, 11) is 0. The molecule has 1 aromatic carbocycles. The van der Waals surface area contributed by atoms with E-state index in [-0.39, 0.29) is 17.7 Å². The Balaban J connectivity index is 1.52. The number of hydrogen-bond donors (Lipinski definition) is 1. The van der Waals surface area contributed by atoms with Gasteiger partial charge < -0.3 is 14.6 Å². The first-order chi connectivity index (χ1) is 14.3. The van der Waals surface area contributed by atoms with Gasteiger partial charge in [0, 0.05) is 19.5 Å². The standard InChI is InChI=1S/C22H27N5O3/c1-22(2,3)30-21(29)26-11-9-16(10-12-26)27-19-17(14-23-27)20(28)25-18(24-19)13-15-7-5-4-6-8-15/h4-8,14,16H,9-13H2,1-3H3,(H,24,25,28). The van der Waals surface area contributed by atoms with Gasteiger partial charge in [0.1, 0.15) is 16.8 Å². The Labute approximate surface area is 174 Å². The van der Waals surface area contributed by atoms with Gasteiger partial charge in [-0.15, -0.1) is 0 Å². The number of ether oxygens (including phenoxy) is 1. The number of aromatic nitrogens is 4. The minimum Gasteiger partial charge on any atom is -0.444 e. The van der Waals surface area contributed by atoms with Gasteiger partial charge in [0.05, 0.1) is 12.2 Å². The summed E-state index contributed by atoms with van der Waals surface area (Å²) in [6, 6.07) is 9.99. The lowest BCUT2D eigenvalue weighted by Gasteiger charge is -2.33. The topological polar surface area (TPSA) is 93.1 Å². The van der Waals surface area contributed by atoms with Crippen LogP contribution in [0, 0.1) is 0 Å². The summed E-state index contributed by atoms with van der Waals surface area (Å²) >= 11 is 0. The quantitative estimate of drug-likeness (QED) is 0.717. The summed E-state index contributed by atoms with van der Waals surface area (Å²) in [4.78, 5) is 34.2. The smallest absolute Gasteiger partial charge is 0.410 e. The molecule has 0 spiro atoms. The van der Waals surface area contributed by atoms with E-state index in [4.69, 9.17) is 9.72 Å². The van der Waals surface area contributed by atoms with Gasteiger partial charge in [0.2, 0.25) is 0 Å². The van der Waals surface area contributed by atoms with Gasteiger partial charge in [0.15, 0.2) is 5.65 Å². The van der Waals surface area contributed by atoms with Gasteiger partial charge >= 0.3 is 6.09 Å². The molecule has 4 rings (SSSR count). The number of fused-ring (bicyclic) bond motifs is 1. The first-order valence-corrected chi connectivity index (χ1v) is 10.3. The monoisotopic (exact) mass is 409 g/mol. The summed E-state index contributed by atoms with van der Waals surface area (Å²) in [6.45, 7) is 6.76. The molecular weight excluding hydrogens is 382 g/mol. The van der Waals surface area contributed by atoms with Crippen LogP contribution in [-0.4, -0.2) is 49.4 Å². The molecule has 1 amide bonds. The zero-order valence-electron chi connectivity index (χ0n) is 17.6. The fraction of sp³-hybridized carbons (Fsp3) is 0.455. The minimum absolute atomic E-state index is 0.0834. The molecule has 8 nitrogen and oxygen atoms in total. The van der Waals surface area contributed by atoms with Crippen molar-refractivity contribution in [2.24, 2.45) is 0 Å². The highest BCUT2D eigenvalue weighted by molar-refractivity contribution is 5.73. The van der Waals surface area contributed by atoms with E-state index in [0.29, 0.717) is 36.4 Å². The Bertz CT molecular complexity index is 1090. The molecule has 1 saturated heterocycles. The van der Waals surface area contributed by atoms with E-state index in [0.717, 1.165) is 18.4 Å². The van der Waals surface area contributed by atoms with Crippen LogP contribution in [0.5, 0.6) is 0 Å². The number of aromatic amines is 1. The fourth-order valence-electron chi connectivity index (χ4n) is 3.74. The molecule has 3 heterocycles. The summed E-state index contributed by atoms with van der Waals surface area (Å²) < 4.78 is 7.31. The van der Waals surface area contributed by atoms with Crippen LogP contribution in [0.3, 0.4) is 0 Å². The third kappa shape index (κ3) is 4.37. The summed E-state index contributed by atoms with van der Waals surface area (Å²) in [5, 5.41) is 4.94. The number of amides is 1. The zero-order valence-corrected chi connectivity index (χ0v) is 17.6. The Kier molecular flexibility index (Phi) is 5.32. The van der Waals surface area contributed by atoms with Crippen molar-refractivity contribution in [1.29, 1.82) is 0 Å². The van der Waals surface area contributed by atoms with Crippen LogP contribution in [-0.2, 0) is 11.2 Å². The van der Waals surface area contributed by atoms with Gasteiger partial charge in [-0.1, -0.05) is 30.3 Å². The molecule has 0 unspecified atom stereocenters. The highest BCUT2D eigenvalue weighted by Gasteiger charge is 2.29. The normalized spacial score (nSPS) is 15.5. The number of rotatable bonds is 3. The van der Waals surface area contributed by atoms with Crippen molar-refractivity contribution in [3.8, 4) is 0 Å². The van der Waals surface area contributed by atoms with Crippen LogP contribution in [0.15, 0.2) is 41.3 Å². The largest absolute Gasteiger partial charge is 0.444 e. The average molecular weight is 409 g/mol. The maximum atomic E-state index is 12.5. The van der Waals surface area contributed by atoms with E-state index in [1.54, 1.807) is 11.1 Å². The maximum Gasteiger partial charge on any atom is 0.410 e. The summed E-state index contributed by atoms with van der Waals surface area (Å²) in [6.07, 6.45) is 3.31. The number of hydrogen-bond acceptors (Lipinski definition) is 5. The molecule has 0 saturated carbocycles. The molecule has 0 atom stereocenters. The number of H-pyrrole nitrogens is 1. The molecule has 0 bridgehead atoms. The Morgan fingerprint density at radius 2 is 1.90 bits per heavy atom. The Morgan fingerprint density at radius 1 is 1.20 bits per heavy atom. The second-order valence-electron chi connectivity index (χ2n) is 8.70. The second kappa shape index (κ2) is 7.93. The predicted octanol–water partition coefficient (Wildman–Crippen LogP) is 3.28. The molecule has 158 valence electrons. The molecule has 1 N–H and O–H groups in total. The lowest BCUT2D eigenvalue weighted by atomic mass is 10.1. The van der Waals surface area contributed by atoms with Crippen LogP contribution in [0.25, 0.3) is 11.0 Å². The number of piperidine rings is 1. The van der Waals surface area contributed by atoms with Gasteiger partial charge in [-0.3, -0.25) is 4.79 Å². The van der Waals surface area contributed by atoms with Crippen molar-refractivity contribution in [1.82, 2.24) is 24.6 Å². The van der Waals surface area contributed by atoms with Gasteiger partial charge in [0.25, 0.3) is 5.56 Å². The van der Waals surface area contributed by atoms with E-state index in [9.17, 15) is 9.59 Å². The predicted molar refractivity (Wildman–Crippen MR) is 113 cm³/mol. The fourth-order valence-corrected chi connectivity index (χ4v) is 3.74. The van der Waals surface area contributed by atoms with Crippen molar-refractivity contribution in [2.45, 2.75) is 51.7 Å². The molecule has 8 heteroatoms. The lowest BCUT2D eigenvalue weighted by Crippen LogP contribution is -2.42. The number of nitrogens with one attached hydrogen (secondary N) is 1. The first kappa shape index (κ1) is 20.1. The van der Waals surface area contributed by atoms with E-state index in [1.807, 2.05) is 55.8 Å². The van der Waals surface area contributed by atoms with Gasteiger partial charge in [-0.05, 0) is 39.2 Å². The number of nitrogens with zero attached hydrogens (tertiary/aromatic N) is 4. The van der Waals surface area contributed by atoms with Crippen LogP contribution in [0.4, 0.5) is 4.79 Å². The average Bonchev–Trinajstić information content (AvgIpc) is 3.12. The number of carbonyl (C=O) groups excluding carboxylic acids is 1. The molecule has 3 aromatic rings.